The smallest absolute Gasteiger partial charge is 0.338 e. The molecule has 1 fully saturated rings. The average molecular weight is 762 g/mol. The number of hydrogen-bond acceptors (Lipinski definition) is 7. The maximum Gasteiger partial charge on any atom is 0.338 e. The summed E-state index contributed by atoms with van der Waals surface area (Å²) in [4.78, 5) is 27.9. The molecule has 0 heterocycles. The Kier molecular flexibility index (Phi) is 15.9. The van der Waals surface area contributed by atoms with Crippen molar-refractivity contribution in [2.75, 3.05) is 30.8 Å². The molecule has 1 aliphatic carbocycles. The van der Waals surface area contributed by atoms with E-state index in [0.29, 0.717) is 46.2 Å². The normalized spacial score (nSPS) is 13.4. The lowest BCUT2D eigenvalue weighted by atomic mass is 9.93. The standard InChI is InChI=1S/C38H48BrCl2N3O4/c1-2-44(30-16-8-7-9-17-30)26-29-23-28(24-31(39)36(29)42)38(46)48-22-13-6-4-3-5-12-21-47-35(45)25-27-15-10-11-20-34(27)43-37-32(40)18-14-19-33(37)41/h10-11,14-15,18-20,23-24,30,43H,2-9,12-13,16-17,21-22,25-26,42H2,1H3. The number of rotatable bonds is 18. The number of carbonyl (C=O) groups excluding carboxylic acids is 2. The van der Waals surface area contributed by atoms with Gasteiger partial charge in [-0.2, -0.15) is 0 Å². The summed E-state index contributed by atoms with van der Waals surface area (Å²) in [5, 5.41) is 4.26. The quantitative estimate of drug-likeness (QED) is 0.0757. The molecule has 0 unspecified atom stereocenters. The highest BCUT2D eigenvalue weighted by molar-refractivity contribution is 9.10. The first-order chi connectivity index (χ1) is 23.3. The summed E-state index contributed by atoms with van der Waals surface area (Å²) in [5.41, 5.74) is 10.8. The molecule has 0 bridgehead atoms. The molecule has 1 aliphatic rings. The Morgan fingerprint density at radius 3 is 2.21 bits per heavy atom. The topological polar surface area (TPSA) is 93.9 Å². The zero-order valence-electron chi connectivity index (χ0n) is 27.9. The van der Waals surface area contributed by atoms with Gasteiger partial charge in [-0.3, -0.25) is 9.69 Å². The molecule has 260 valence electrons. The van der Waals surface area contributed by atoms with E-state index in [1.165, 1.54) is 32.1 Å². The number of anilines is 3. The SMILES string of the molecule is CCN(Cc1cc(C(=O)OCCCCCCCCOC(=O)Cc2ccccc2Nc2c(Cl)cccc2Cl)cc(Br)c1N)C1CCCCC1. The van der Waals surface area contributed by atoms with Gasteiger partial charge >= 0.3 is 11.9 Å². The number of nitrogens with zero attached hydrogens (tertiary/aromatic N) is 1. The lowest BCUT2D eigenvalue weighted by Crippen LogP contribution is -2.36. The fourth-order valence-corrected chi connectivity index (χ4v) is 7.18. The monoisotopic (exact) mass is 759 g/mol. The van der Waals surface area contributed by atoms with Gasteiger partial charge in [0.1, 0.15) is 0 Å². The minimum Gasteiger partial charge on any atom is -0.465 e. The molecule has 0 amide bonds. The third-order valence-corrected chi connectivity index (χ3v) is 10.2. The van der Waals surface area contributed by atoms with Crippen molar-refractivity contribution in [2.45, 2.75) is 96.6 Å². The number of nitrogen functional groups attached to an aromatic ring is 1. The van der Waals surface area contributed by atoms with Crippen LogP contribution in [-0.4, -0.2) is 42.6 Å². The molecular formula is C38H48BrCl2N3O4. The van der Waals surface area contributed by atoms with Crippen molar-refractivity contribution in [1.29, 1.82) is 0 Å². The molecule has 4 rings (SSSR count). The van der Waals surface area contributed by atoms with Crippen molar-refractivity contribution in [2.24, 2.45) is 0 Å². The molecule has 0 spiro atoms. The van der Waals surface area contributed by atoms with Gasteiger partial charge in [-0.25, -0.2) is 4.79 Å². The second-order valence-electron chi connectivity index (χ2n) is 12.4. The third kappa shape index (κ3) is 11.7. The van der Waals surface area contributed by atoms with E-state index in [1.807, 2.05) is 30.3 Å². The first kappa shape index (κ1) is 38.0. The van der Waals surface area contributed by atoms with Gasteiger partial charge in [0.15, 0.2) is 0 Å². The van der Waals surface area contributed by atoms with Gasteiger partial charge in [-0.15, -0.1) is 0 Å². The minimum atomic E-state index is -0.314. The predicted octanol–water partition coefficient (Wildman–Crippen LogP) is 10.5. The fraction of sp³-hybridized carbons (Fsp3) is 0.474. The average Bonchev–Trinajstić information content (AvgIpc) is 3.08. The highest BCUT2D eigenvalue weighted by Gasteiger charge is 2.22. The van der Waals surface area contributed by atoms with E-state index in [2.05, 4.69) is 33.1 Å². The minimum absolute atomic E-state index is 0.149. The van der Waals surface area contributed by atoms with Crippen molar-refractivity contribution in [1.82, 2.24) is 4.90 Å². The molecule has 3 N–H and O–H groups in total. The summed E-state index contributed by atoms with van der Waals surface area (Å²) >= 11 is 16.2. The number of esters is 2. The molecule has 0 radical (unpaired) electrons. The van der Waals surface area contributed by atoms with Gasteiger partial charge in [-0.05, 0) is 89.6 Å². The van der Waals surface area contributed by atoms with Crippen LogP contribution in [0.4, 0.5) is 17.1 Å². The Morgan fingerprint density at radius 2 is 1.52 bits per heavy atom. The lowest BCUT2D eigenvalue weighted by Gasteiger charge is -2.34. The van der Waals surface area contributed by atoms with Crippen LogP contribution in [-0.2, 0) is 27.2 Å². The number of nitrogens with two attached hydrogens (primary N) is 1. The number of unbranched alkanes of at least 4 members (excludes halogenated alkanes) is 5. The van der Waals surface area contributed by atoms with E-state index >= 15 is 0 Å². The van der Waals surface area contributed by atoms with Crippen LogP contribution in [0.2, 0.25) is 10.0 Å². The van der Waals surface area contributed by atoms with E-state index in [-0.39, 0.29) is 18.4 Å². The van der Waals surface area contributed by atoms with Crippen molar-refractivity contribution >= 4 is 68.1 Å². The largest absolute Gasteiger partial charge is 0.465 e. The van der Waals surface area contributed by atoms with Crippen LogP contribution >= 0.6 is 39.1 Å². The number of nitrogens with one attached hydrogen (secondary N) is 1. The van der Waals surface area contributed by atoms with Gasteiger partial charge in [0, 0.05) is 22.7 Å². The number of carbonyl (C=O) groups is 2. The van der Waals surface area contributed by atoms with Gasteiger partial charge in [-0.1, -0.05) is 99.3 Å². The second kappa shape index (κ2) is 20.0. The summed E-state index contributed by atoms with van der Waals surface area (Å²) in [6, 6.07) is 17.1. The summed E-state index contributed by atoms with van der Waals surface area (Å²) in [6.45, 7) is 4.65. The maximum absolute atomic E-state index is 12.9. The van der Waals surface area contributed by atoms with Crippen molar-refractivity contribution < 1.29 is 19.1 Å². The van der Waals surface area contributed by atoms with Crippen LogP contribution in [0.5, 0.6) is 0 Å². The molecule has 0 aromatic heterocycles. The Morgan fingerprint density at radius 1 is 0.875 bits per heavy atom. The number of halogens is 3. The van der Waals surface area contributed by atoms with E-state index in [1.54, 1.807) is 24.3 Å². The Bertz CT molecular complexity index is 1480. The summed E-state index contributed by atoms with van der Waals surface area (Å²) < 4.78 is 11.8. The Balaban J connectivity index is 1.09. The summed E-state index contributed by atoms with van der Waals surface area (Å²) in [7, 11) is 0. The first-order valence-corrected chi connectivity index (χ1v) is 18.7. The Hall–Kier alpha value is -2.78. The predicted molar refractivity (Wildman–Crippen MR) is 200 cm³/mol. The molecule has 3 aromatic rings. The van der Waals surface area contributed by atoms with E-state index in [4.69, 9.17) is 38.4 Å². The lowest BCUT2D eigenvalue weighted by molar-refractivity contribution is -0.142. The summed E-state index contributed by atoms with van der Waals surface area (Å²) in [6.07, 6.45) is 12.1. The second-order valence-corrected chi connectivity index (χ2v) is 14.1. The molecule has 0 atom stereocenters. The molecule has 48 heavy (non-hydrogen) atoms. The molecule has 0 saturated heterocycles. The number of para-hydroxylation sites is 2. The summed E-state index contributed by atoms with van der Waals surface area (Å²) in [5.74, 6) is -0.589. The van der Waals surface area contributed by atoms with E-state index in [9.17, 15) is 9.59 Å². The zero-order valence-corrected chi connectivity index (χ0v) is 31.0. The molecule has 3 aromatic carbocycles. The number of ether oxygens (including phenoxy) is 2. The molecular weight excluding hydrogens is 713 g/mol. The highest BCUT2D eigenvalue weighted by atomic mass is 79.9. The van der Waals surface area contributed by atoms with Crippen LogP contribution in [0.15, 0.2) is 59.1 Å². The van der Waals surface area contributed by atoms with Gasteiger partial charge in [0.25, 0.3) is 0 Å². The van der Waals surface area contributed by atoms with Gasteiger partial charge in [0.2, 0.25) is 0 Å². The van der Waals surface area contributed by atoms with Crippen LogP contribution < -0.4 is 11.1 Å². The Labute approximate surface area is 304 Å². The van der Waals surface area contributed by atoms with Crippen LogP contribution in [0, 0.1) is 0 Å². The van der Waals surface area contributed by atoms with E-state index < -0.39 is 0 Å². The number of benzene rings is 3. The third-order valence-electron chi connectivity index (χ3n) is 8.93. The van der Waals surface area contributed by atoms with Crippen molar-refractivity contribution in [3.63, 3.8) is 0 Å². The number of hydrogen-bond donors (Lipinski definition) is 2. The maximum atomic E-state index is 12.9. The van der Waals surface area contributed by atoms with Crippen LogP contribution in [0.3, 0.4) is 0 Å². The van der Waals surface area contributed by atoms with E-state index in [0.717, 1.165) is 72.9 Å². The van der Waals surface area contributed by atoms with Crippen molar-refractivity contribution in [3.05, 3.63) is 85.8 Å². The zero-order chi connectivity index (χ0) is 34.3. The first-order valence-electron chi connectivity index (χ1n) is 17.2. The van der Waals surface area contributed by atoms with Crippen LogP contribution in [0.1, 0.15) is 99.0 Å². The molecule has 1 saturated carbocycles. The van der Waals surface area contributed by atoms with Crippen LogP contribution in [0.25, 0.3) is 0 Å². The van der Waals surface area contributed by atoms with Gasteiger partial charge in [0.05, 0.1) is 46.6 Å². The molecule has 7 nitrogen and oxygen atoms in total. The fourth-order valence-electron chi connectivity index (χ4n) is 6.19. The van der Waals surface area contributed by atoms with Crippen molar-refractivity contribution in [3.8, 4) is 0 Å². The highest BCUT2D eigenvalue weighted by Crippen LogP contribution is 2.34. The molecule has 10 heteroatoms. The molecule has 0 aliphatic heterocycles. The van der Waals surface area contributed by atoms with Gasteiger partial charge < -0.3 is 20.5 Å².